The van der Waals surface area contributed by atoms with Crippen LogP contribution in [0.3, 0.4) is 0 Å². The monoisotopic (exact) mass is 389 g/mol. The molecule has 0 atom stereocenters. The zero-order chi connectivity index (χ0) is 19.0. The molecule has 0 bridgehead atoms. The zero-order valence-corrected chi connectivity index (χ0v) is 12.9. The maximum Gasteiger partial charge on any atom is 0.426 e. The predicted octanol–water partition coefficient (Wildman–Crippen LogP) is 4.02. The molecule has 1 aromatic heterocycles. The van der Waals surface area contributed by atoms with Gasteiger partial charge >= 0.3 is 12.4 Å². The number of hydrogen-bond acceptors (Lipinski definition) is 3. The largest absolute Gasteiger partial charge is 0.426 e. The average molecular weight is 389 g/mol. The number of halogens is 7. The third kappa shape index (κ3) is 3.71. The maximum atomic E-state index is 13.5. The van der Waals surface area contributed by atoms with Crippen LogP contribution in [0.5, 0.6) is 0 Å². The Hall–Kier alpha value is -1.88. The van der Waals surface area contributed by atoms with Crippen molar-refractivity contribution in [2.45, 2.75) is 24.4 Å². The standard InChI is InChI=1S/C14H10F7NO2S/c15-8-2-1-3-9-7(8)6-10(25-9)11(23)22-5-4-12(24,13(16,17)18)14(19,20)21/h1-3,6,24H,4-5H2,(H,22,23). The second-order valence-electron chi connectivity index (χ2n) is 5.12. The lowest BCUT2D eigenvalue weighted by molar-refractivity contribution is -0.369. The third-order valence-corrected chi connectivity index (χ3v) is 4.54. The van der Waals surface area contributed by atoms with Crippen LogP contribution < -0.4 is 5.32 Å². The molecule has 0 aliphatic heterocycles. The molecular weight excluding hydrogens is 379 g/mol. The number of carbonyl (C=O) groups is 1. The van der Waals surface area contributed by atoms with Crippen molar-refractivity contribution < 1.29 is 40.6 Å². The normalized spacial score (nSPS) is 13.3. The van der Waals surface area contributed by atoms with Gasteiger partial charge in [0.05, 0.1) is 4.88 Å². The van der Waals surface area contributed by atoms with Crippen LogP contribution >= 0.6 is 11.3 Å². The number of carbonyl (C=O) groups excluding carboxylic acids is 1. The molecule has 25 heavy (non-hydrogen) atoms. The quantitative estimate of drug-likeness (QED) is 0.777. The summed E-state index contributed by atoms with van der Waals surface area (Å²) in [6.07, 6.45) is -13.7. The Kier molecular flexibility index (Phi) is 5.01. The van der Waals surface area contributed by atoms with E-state index in [4.69, 9.17) is 5.11 Å². The third-order valence-electron chi connectivity index (χ3n) is 3.44. The number of fused-ring (bicyclic) bond motifs is 1. The fraction of sp³-hybridized carbons (Fsp3) is 0.357. The average Bonchev–Trinajstić information content (AvgIpc) is 2.90. The molecule has 0 saturated heterocycles. The van der Waals surface area contributed by atoms with Gasteiger partial charge in [0, 0.05) is 23.1 Å². The van der Waals surface area contributed by atoms with Gasteiger partial charge in [-0.05, 0) is 18.2 Å². The minimum atomic E-state index is -5.95. The molecule has 0 fully saturated rings. The minimum Gasteiger partial charge on any atom is -0.374 e. The summed E-state index contributed by atoms with van der Waals surface area (Å²) in [6, 6.07) is 5.18. The van der Waals surface area contributed by atoms with Gasteiger partial charge in [-0.2, -0.15) is 26.3 Å². The van der Waals surface area contributed by atoms with E-state index in [-0.39, 0.29) is 10.3 Å². The fourth-order valence-electron chi connectivity index (χ4n) is 2.03. The van der Waals surface area contributed by atoms with Crippen LogP contribution in [0.2, 0.25) is 0 Å². The van der Waals surface area contributed by atoms with Crippen LogP contribution in [-0.2, 0) is 0 Å². The van der Waals surface area contributed by atoms with Crippen LogP contribution in [0.15, 0.2) is 24.3 Å². The molecule has 0 aliphatic rings. The predicted molar refractivity (Wildman–Crippen MR) is 75.8 cm³/mol. The van der Waals surface area contributed by atoms with Gasteiger partial charge in [-0.25, -0.2) is 4.39 Å². The van der Waals surface area contributed by atoms with Crippen molar-refractivity contribution in [3.05, 3.63) is 35.0 Å². The molecule has 0 aliphatic carbocycles. The van der Waals surface area contributed by atoms with Crippen molar-refractivity contribution in [3.8, 4) is 0 Å². The first-order chi connectivity index (χ1) is 11.4. The van der Waals surface area contributed by atoms with Crippen molar-refractivity contribution in [1.29, 1.82) is 0 Å². The molecule has 138 valence electrons. The van der Waals surface area contributed by atoms with Crippen LogP contribution in [0.4, 0.5) is 30.7 Å². The van der Waals surface area contributed by atoms with Crippen LogP contribution in [0, 0.1) is 5.82 Å². The number of amides is 1. The highest BCUT2D eigenvalue weighted by Gasteiger charge is 2.69. The first-order valence-corrected chi connectivity index (χ1v) is 7.50. The highest BCUT2D eigenvalue weighted by Crippen LogP contribution is 2.44. The van der Waals surface area contributed by atoms with Gasteiger partial charge in [-0.1, -0.05) is 6.07 Å². The van der Waals surface area contributed by atoms with Gasteiger partial charge in [0.1, 0.15) is 5.82 Å². The molecule has 2 rings (SSSR count). The number of rotatable bonds is 4. The number of nitrogens with one attached hydrogen (secondary N) is 1. The Morgan fingerprint density at radius 3 is 2.24 bits per heavy atom. The molecule has 0 radical (unpaired) electrons. The maximum absolute atomic E-state index is 13.5. The summed E-state index contributed by atoms with van der Waals surface area (Å²) in [7, 11) is 0. The first kappa shape index (κ1) is 19.4. The number of hydrogen-bond donors (Lipinski definition) is 2. The molecule has 1 aromatic carbocycles. The summed E-state index contributed by atoms with van der Waals surface area (Å²) < 4.78 is 89.0. The van der Waals surface area contributed by atoms with Gasteiger partial charge < -0.3 is 10.4 Å². The number of thiophene rings is 1. The molecule has 3 nitrogen and oxygen atoms in total. The highest BCUT2D eigenvalue weighted by molar-refractivity contribution is 7.20. The number of alkyl halides is 6. The van der Waals surface area contributed by atoms with Gasteiger partial charge in [0.15, 0.2) is 0 Å². The molecule has 0 unspecified atom stereocenters. The van der Waals surface area contributed by atoms with E-state index in [9.17, 15) is 35.5 Å². The lowest BCUT2D eigenvalue weighted by atomic mass is 9.98. The Morgan fingerprint density at radius 1 is 1.12 bits per heavy atom. The first-order valence-electron chi connectivity index (χ1n) is 6.69. The van der Waals surface area contributed by atoms with E-state index in [1.165, 1.54) is 12.1 Å². The second kappa shape index (κ2) is 6.45. The van der Waals surface area contributed by atoms with Crippen molar-refractivity contribution in [1.82, 2.24) is 5.32 Å². The van der Waals surface area contributed by atoms with E-state index in [1.54, 1.807) is 0 Å². The lowest BCUT2D eigenvalue weighted by Crippen LogP contribution is -2.58. The Labute approximate surface area is 140 Å². The van der Waals surface area contributed by atoms with Crippen molar-refractivity contribution in [2.75, 3.05) is 6.54 Å². The summed E-state index contributed by atoms with van der Waals surface area (Å²) in [4.78, 5) is 11.8. The highest BCUT2D eigenvalue weighted by atomic mass is 32.1. The molecule has 11 heteroatoms. The van der Waals surface area contributed by atoms with Crippen LogP contribution in [0.1, 0.15) is 16.1 Å². The van der Waals surface area contributed by atoms with Crippen molar-refractivity contribution in [2.24, 2.45) is 0 Å². The molecule has 1 heterocycles. The molecule has 0 saturated carbocycles. The topological polar surface area (TPSA) is 49.3 Å². The molecule has 2 N–H and O–H groups in total. The van der Waals surface area contributed by atoms with Crippen LogP contribution in [-0.4, -0.2) is 35.5 Å². The number of aliphatic hydroxyl groups is 1. The zero-order valence-electron chi connectivity index (χ0n) is 12.1. The van der Waals surface area contributed by atoms with E-state index >= 15 is 0 Å². The summed E-state index contributed by atoms with van der Waals surface area (Å²) in [5.74, 6) is -1.58. The van der Waals surface area contributed by atoms with E-state index in [0.717, 1.165) is 23.5 Å². The minimum absolute atomic E-state index is 0.0809. The summed E-state index contributed by atoms with van der Waals surface area (Å²) in [6.45, 7) is -1.08. The summed E-state index contributed by atoms with van der Waals surface area (Å²) in [5, 5.41) is 10.9. The SMILES string of the molecule is O=C(NCCC(O)(C(F)(F)F)C(F)(F)F)c1cc2c(F)cccc2s1. The fourth-order valence-corrected chi connectivity index (χ4v) is 3.02. The lowest BCUT2D eigenvalue weighted by Gasteiger charge is -2.32. The van der Waals surface area contributed by atoms with E-state index < -0.39 is 42.6 Å². The molecule has 2 aromatic rings. The Bertz CT molecular complexity index is 768. The molecular formula is C14H10F7NO2S. The smallest absolute Gasteiger partial charge is 0.374 e. The van der Waals surface area contributed by atoms with Gasteiger partial charge in [0.2, 0.25) is 0 Å². The molecule has 1 amide bonds. The van der Waals surface area contributed by atoms with Gasteiger partial charge in [-0.15, -0.1) is 11.3 Å². The summed E-state index contributed by atoms with van der Waals surface area (Å²) >= 11 is 0.830. The summed E-state index contributed by atoms with van der Waals surface area (Å²) in [5.41, 5.74) is -4.93. The Balaban J connectivity index is 2.09. The Morgan fingerprint density at radius 2 is 1.72 bits per heavy atom. The van der Waals surface area contributed by atoms with Gasteiger partial charge in [-0.3, -0.25) is 4.79 Å². The van der Waals surface area contributed by atoms with Crippen molar-refractivity contribution >= 4 is 27.3 Å². The second-order valence-corrected chi connectivity index (χ2v) is 6.21. The van der Waals surface area contributed by atoms with Crippen molar-refractivity contribution in [3.63, 3.8) is 0 Å². The van der Waals surface area contributed by atoms with E-state index in [1.807, 2.05) is 5.32 Å². The van der Waals surface area contributed by atoms with Crippen LogP contribution in [0.25, 0.3) is 10.1 Å². The van der Waals surface area contributed by atoms with E-state index in [0.29, 0.717) is 4.70 Å². The van der Waals surface area contributed by atoms with Gasteiger partial charge in [0.25, 0.3) is 11.5 Å². The van der Waals surface area contributed by atoms with E-state index in [2.05, 4.69) is 0 Å². The molecule has 0 spiro atoms. The number of benzene rings is 1.